The molecule has 0 fully saturated rings. The lowest BCUT2D eigenvalue weighted by molar-refractivity contribution is 0.627. The molecule has 4 nitrogen and oxygen atoms in total. The number of nitrogen functional groups attached to an aromatic ring is 1. The molecule has 0 spiro atoms. The molecule has 0 radical (unpaired) electrons. The van der Waals surface area contributed by atoms with Crippen LogP contribution in [0.25, 0.3) is 11.4 Å². The summed E-state index contributed by atoms with van der Waals surface area (Å²) in [5.41, 5.74) is 6.96. The van der Waals surface area contributed by atoms with E-state index in [0.717, 1.165) is 11.1 Å². The Labute approximate surface area is 80.0 Å². The number of nitrogens with two attached hydrogens (primary N) is 1. The van der Waals surface area contributed by atoms with Gasteiger partial charge < -0.3 is 5.73 Å². The smallest absolute Gasteiger partial charge is 0.239 e. The Balaban J connectivity index is 2.52. The minimum Gasteiger partial charge on any atom is -0.366 e. The summed E-state index contributed by atoms with van der Waals surface area (Å²) in [4.78, 5) is 3.96. The van der Waals surface area contributed by atoms with Crippen LogP contribution in [0.2, 0.25) is 0 Å². The molecule has 0 bridgehead atoms. The molecule has 1 heterocycles. The number of aromatic amines is 1. The van der Waals surface area contributed by atoms with Crippen LogP contribution < -0.4 is 5.73 Å². The molecule has 2 rings (SSSR count). The summed E-state index contributed by atoms with van der Waals surface area (Å²) in [5, 5.41) is 6.38. The second-order valence-electron chi connectivity index (χ2n) is 3.00. The van der Waals surface area contributed by atoms with Crippen molar-refractivity contribution in [3.05, 3.63) is 29.6 Å². The van der Waals surface area contributed by atoms with Gasteiger partial charge in [0.15, 0.2) is 5.82 Å². The molecule has 0 unspecified atom stereocenters. The van der Waals surface area contributed by atoms with E-state index >= 15 is 0 Å². The summed E-state index contributed by atoms with van der Waals surface area (Å²) >= 11 is 0. The highest BCUT2D eigenvalue weighted by Gasteiger charge is 2.06. The number of nitrogens with one attached hydrogen (secondary N) is 1. The molecule has 1 aromatic heterocycles. The summed E-state index contributed by atoms with van der Waals surface area (Å²) in [5.74, 6) is 0.475. The van der Waals surface area contributed by atoms with Crippen LogP contribution in [0.1, 0.15) is 5.56 Å². The molecular formula is C9H9FN4. The van der Waals surface area contributed by atoms with Crippen LogP contribution in [0.4, 0.5) is 10.3 Å². The monoisotopic (exact) mass is 192 g/mol. The maximum Gasteiger partial charge on any atom is 0.239 e. The van der Waals surface area contributed by atoms with Crippen molar-refractivity contribution in [1.29, 1.82) is 0 Å². The molecule has 0 aliphatic rings. The highest BCUT2D eigenvalue weighted by Crippen LogP contribution is 2.20. The van der Waals surface area contributed by atoms with E-state index in [1.165, 1.54) is 12.1 Å². The van der Waals surface area contributed by atoms with Gasteiger partial charge in [-0.25, -0.2) is 4.39 Å². The van der Waals surface area contributed by atoms with E-state index in [4.69, 9.17) is 5.73 Å². The van der Waals surface area contributed by atoms with Gasteiger partial charge in [0.1, 0.15) is 5.82 Å². The quantitative estimate of drug-likeness (QED) is 0.719. The Morgan fingerprint density at radius 2 is 2.21 bits per heavy atom. The lowest BCUT2D eigenvalue weighted by Crippen LogP contribution is -1.88. The maximum absolute atomic E-state index is 12.8. The van der Waals surface area contributed by atoms with Gasteiger partial charge in [-0.05, 0) is 30.7 Å². The summed E-state index contributed by atoms with van der Waals surface area (Å²) in [6.07, 6.45) is 0. The summed E-state index contributed by atoms with van der Waals surface area (Å²) in [6.45, 7) is 1.80. The largest absolute Gasteiger partial charge is 0.366 e. The van der Waals surface area contributed by atoms with Crippen LogP contribution in [0.15, 0.2) is 18.2 Å². The fourth-order valence-electron chi connectivity index (χ4n) is 1.29. The van der Waals surface area contributed by atoms with E-state index in [9.17, 15) is 4.39 Å². The predicted octanol–water partition coefficient (Wildman–Crippen LogP) is 1.50. The number of anilines is 1. The number of benzene rings is 1. The van der Waals surface area contributed by atoms with Crippen molar-refractivity contribution in [1.82, 2.24) is 15.2 Å². The van der Waals surface area contributed by atoms with Crippen molar-refractivity contribution >= 4 is 5.95 Å². The van der Waals surface area contributed by atoms with Crippen LogP contribution >= 0.6 is 0 Å². The SMILES string of the molecule is Cc1cc(F)ccc1-c1nc(N)n[nH]1. The van der Waals surface area contributed by atoms with E-state index in [-0.39, 0.29) is 11.8 Å². The number of nitrogens with zero attached hydrogens (tertiary/aromatic N) is 2. The maximum atomic E-state index is 12.8. The minimum atomic E-state index is -0.265. The highest BCUT2D eigenvalue weighted by atomic mass is 19.1. The zero-order valence-corrected chi connectivity index (χ0v) is 7.58. The molecule has 1 aromatic carbocycles. The molecule has 0 saturated carbocycles. The van der Waals surface area contributed by atoms with E-state index < -0.39 is 0 Å². The fraction of sp³-hybridized carbons (Fsp3) is 0.111. The zero-order chi connectivity index (χ0) is 10.1. The van der Waals surface area contributed by atoms with E-state index in [1.54, 1.807) is 13.0 Å². The number of hydrogen-bond acceptors (Lipinski definition) is 3. The molecule has 5 heteroatoms. The Morgan fingerprint density at radius 3 is 2.79 bits per heavy atom. The Bertz CT molecular complexity index is 464. The molecular weight excluding hydrogens is 183 g/mol. The van der Waals surface area contributed by atoms with Gasteiger partial charge in [-0.1, -0.05) is 0 Å². The Kier molecular flexibility index (Phi) is 1.92. The average molecular weight is 192 g/mol. The predicted molar refractivity (Wildman–Crippen MR) is 50.9 cm³/mol. The number of aromatic nitrogens is 3. The molecule has 0 atom stereocenters. The van der Waals surface area contributed by atoms with Crippen molar-refractivity contribution < 1.29 is 4.39 Å². The average Bonchev–Trinajstić information content (AvgIpc) is 2.51. The zero-order valence-electron chi connectivity index (χ0n) is 7.58. The van der Waals surface area contributed by atoms with Gasteiger partial charge in [0.2, 0.25) is 5.95 Å². The minimum absolute atomic E-state index is 0.184. The third-order valence-corrected chi connectivity index (χ3v) is 1.95. The van der Waals surface area contributed by atoms with Gasteiger partial charge in [-0.15, -0.1) is 5.10 Å². The third-order valence-electron chi connectivity index (χ3n) is 1.95. The number of halogens is 1. The number of rotatable bonds is 1. The van der Waals surface area contributed by atoms with Crippen molar-refractivity contribution in [3.63, 3.8) is 0 Å². The van der Waals surface area contributed by atoms with Crippen LogP contribution in [-0.4, -0.2) is 15.2 Å². The molecule has 14 heavy (non-hydrogen) atoms. The van der Waals surface area contributed by atoms with Crippen LogP contribution in [0, 0.1) is 12.7 Å². The van der Waals surface area contributed by atoms with Gasteiger partial charge in [-0.3, -0.25) is 5.10 Å². The van der Waals surface area contributed by atoms with Crippen molar-refractivity contribution in [2.45, 2.75) is 6.92 Å². The van der Waals surface area contributed by atoms with Crippen molar-refractivity contribution in [2.24, 2.45) is 0 Å². The standard InChI is InChI=1S/C9H9FN4/c1-5-4-6(10)2-3-7(5)8-12-9(11)14-13-8/h2-4H,1H3,(H3,11,12,13,14). The first-order chi connectivity index (χ1) is 6.66. The Morgan fingerprint density at radius 1 is 1.43 bits per heavy atom. The molecule has 0 amide bonds. The second kappa shape index (κ2) is 3.10. The highest BCUT2D eigenvalue weighted by molar-refractivity contribution is 5.60. The molecule has 3 N–H and O–H groups in total. The number of hydrogen-bond donors (Lipinski definition) is 2. The van der Waals surface area contributed by atoms with E-state index in [0.29, 0.717) is 5.82 Å². The Hall–Kier alpha value is -1.91. The van der Waals surface area contributed by atoms with E-state index in [2.05, 4.69) is 15.2 Å². The van der Waals surface area contributed by atoms with Crippen LogP contribution in [-0.2, 0) is 0 Å². The van der Waals surface area contributed by atoms with Crippen molar-refractivity contribution in [2.75, 3.05) is 5.73 Å². The topological polar surface area (TPSA) is 67.6 Å². The first-order valence-corrected chi connectivity index (χ1v) is 4.11. The molecule has 0 aliphatic carbocycles. The van der Waals surface area contributed by atoms with Gasteiger partial charge in [0.25, 0.3) is 0 Å². The fourth-order valence-corrected chi connectivity index (χ4v) is 1.29. The molecule has 0 aliphatic heterocycles. The van der Waals surface area contributed by atoms with Gasteiger partial charge in [0, 0.05) is 5.56 Å². The second-order valence-corrected chi connectivity index (χ2v) is 3.00. The third kappa shape index (κ3) is 1.44. The van der Waals surface area contributed by atoms with Gasteiger partial charge in [-0.2, -0.15) is 4.98 Å². The van der Waals surface area contributed by atoms with Gasteiger partial charge in [0.05, 0.1) is 0 Å². The van der Waals surface area contributed by atoms with Crippen LogP contribution in [0.5, 0.6) is 0 Å². The summed E-state index contributed by atoms with van der Waals surface area (Å²) in [6, 6.07) is 4.46. The summed E-state index contributed by atoms with van der Waals surface area (Å²) < 4.78 is 12.8. The van der Waals surface area contributed by atoms with E-state index in [1.807, 2.05) is 0 Å². The molecule has 72 valence electrons. The summed E-state index contributed by atoms with van der Waals surface area (Å²) in [7, 11) is 0. The van der Waals surface area contributed by atoms with Gasteiger partial charge >= 0.3 is 0 Å². The molecule has 2 aromatic rings. The lowest BCUT2D eigenvalue weighted by atomic mass is 10.1. The lowest BCUT2D eigenvalue weighted by Gasteiger charge is -2.00. The van der Waals surface area contributed by atoms with Crippen LogP contribution in [0.3, 0.4) is 0 Å². The first kappa shape index (κ1) is 8.68. The van der Waals surface area contributed by atoms with Crippen molar-refractivity contribution in [3.8, 4) is 11.4 Å². The molecule has 0 saturated heterocycles. The number of H-pyrrole nitrogens is 1. The normalized spacial score (nSPS) is 10.4. The number of aryl methyl sites for hydroxylation is 1. The first-order valence-electron chi connectivity index (χ1n) is 4.11.